The minimum Gasteiger partial charge on any atom is -0.494 e. The van der Waals surface area contributed by atoms with Gasteiger partial charge in [0.25, 0.3) is 0 Å². The second-order valence-corrected chi connectivity index (χ2v) is 7.07. The quantitative estimate of drug-likeness (QED) is 0.900. The van der Waals surface area contributed by atoms with Crippen LogP contribution in [0.2, 0.25) is 0 Å². The number of aliphatic hydroxyl groups is 1. The number of benzene rings is 1. The first-order chi connectivity index (χ1) is 12.0. The molecule has 6 nitrogen and oxygen atoms in total. The van der Waals surface area contributed by atoms with E-state index in [1.165, 1.54) is 0 Å². The Morgan fingerprint density at radius 1 is 1.24 bits per heavy atom. The lowest BCUT2D eigenvalue weighted by Crippen LogP contribution is -2.48. The molecule has 1 aromatic rings. The monoisotopic (exact) mass is 346 g/mol. The fourth-order valence-electron chi connectivity index (χ4n) is 3.77. The molecule has 0 radical (unpaired) electrons. The zero-order valence-corrected chi connectivity index (χ0v) is 14.9. The van der Waals surface area contributed by atoms with Crippen LogP contribution in [0.3, 0.4) is 0 Å². The Morgan fingerprint density at radius 3 is 2.60 bits per heavy atom. The lowest BCUT2D eigenvalue weighted by molar-refractivity contribution is -0.139. The lowest BCUT2D eigenvalue weighted by Gasteiger charge is -2.35. The van der Waals surface area contributed by atoms with Crippen molar-refractivity contribution in [3.63, 3.8) is 0 Å². The molecule has 25 heavy (non-hydrogen) atoms. The van der Waals surface area contributed by atoms with Gasteiger partial charge in [0, 0.05) is 31.7 Å². The minimum absolute atomic E-state index is 0.0209. The second-order valence-electron chi connectivity index (χ2n) is 7.07. The van der Waals surface area contributed by atoms with Crippen molar-refractivity contribution in [1.82, 2.24) is 4.90 Å². The van der Waals surface area contributed by atoms with Crippen LogP contribution in [-0.2, 0) is 9.59 Å². The van der Waals surface area contributed by atoms with Gasteiger partial charge in [-0.25, -0.2) is 0 Å². The van der Waals surface area contributed by atoms with Crippen molar-refractivity contribution in [3.05, 3.63) is 24.3 Å². The zero-order valence-electron chi connectivity index (χ0n) is 14.9. The maximum Gasteiger partial charge on any atom is 0.228 e. The molecule has 3 unspecified atom stereocenters. The lowest BCUT2D eigenvalue weighted by atomic mass is 9.96. The molecular formula is C19H26N2O4. The fourth-order valence-corrected chi connectivity index (χ4v) is 3.77. The highest BCUT2D eigenvalue weighted by Crippen LogP contribution is 2.29. The van der Waals surface area contributed by atoms with Crippen molar-refractivity contribution >= 4 is 17.5 Å². The summed E-state index contributed by atoms with van der Waals surface area (Å²) < 4.78 is 5.42. The number of hydrogen-bond acceptors (Lipinski definition) is 4. The van der Waals surface area contributed by atoms with E-state index in [-0.39, 0.29) is 30.1 Å². The second kappa shape index (κ2) is 7.44. The van der Waals surface area contributed by atoms with E-state index in [0.29, 0.717) is 26.2 Å². The van der Waals surface area contributed by atoms with Crippen molar-refractivity contribution in [2.45, 2.75) is 32.8 Å². The topological polar surface area (TPSA) is 70.1 Å². The average Bonchev–Trinajstić information content (AvgIpc) is 2.96. The molecule has 3 rings (SSSR count). The highest BCUT2D eigenvalue weighted by Gasteiger charge is 2.39. The molecular weight excluding hydrogens is 320 g/mol. The molecule has 0 bridgehead atoms. The van der Waals surface area contributed by atoms with Gasteiger partial charge in [-0.05, 0) is 43.5 Å². The van der Waals surface area contributed by atoms with Crippen LogP contribution in [0, 0.1) is 11.8 Å². The molecule has 1 aromatic carbocycles. The fraction of sp³-hybridized carbons (Fsp3) is 0.579. The SMILES string of the molecule is CCOc1ccc(N2CC(C(=O)N3CC(C)CC(O)C3)CC2=O)cc1. The molecule has 2 amide bonds. The van der Waals surface area contributed by atoms with E-state index in [9.17, 15) is 14.7 Å². The summed E-state index contributed by atoms with van der Waals surface area (Å²) in [6.45, 7) is 5.98. The van der Waals surface area contributed by atoms with Crippen LogP contribution in [0.4, 0.5) is 5.69 Å². The summed E-state index contributed by atoms with van der Waals surface area (Å²) in [5.74, 6) is 0.658. The Morgan fingerprint density at radius 2 is 1.96 bits per heavy atom. The largest absolute Gasteiger partial charge is 0.494 e. The van der Waals surface area contributed by atoms with Crippen molar-refractivity contribution in [3.8, 4) is 5.75 Å². The molecule has 2 fully saturated rings. The zero-order chi connectivity index (χ0) is 18.0. The Labute approximate surface area is 148 Å². The number of amides is 2. The molecule has 0 aliphatic carbocycles. The van der Waals surface area contributed by atoms with E-state index in [1.54, 1.807) is 9.80 Å². The van der Waals surface area contributed by atoms with Gasteiger partial charge in [-0.1, -0.05) is 6.92 Å². The van der Waals surface area contributed by atoms with Gasteiger partial charge in [-0.3, -0.25) is 9.59 Å². The Kier molecular flexibility index (Phi) is 5.27. The van der Waals surface area contributed by atoms with Crippen LogP contribution in [0.15, 0.2) is 24.3 Å². The summed E-state index contributed by atoms with van der Waals surface area (Å²) in [6, 6.07) is 7.37. The van der Waals surface area contributed by atoms with Gasteiger partial charge >= 0.3 is 0 Å². The van der Waals surface area contributed by atoms with Crippen molar-refractivity contribution in [2.24, 2.45) is 11.8 Å². The first kappa shape index (κ1) is 17.7. The molecule has 2 saturated heterocycles. The predicted octanol–water partition coefficient (Wildman–Crippen LogP) is 1.67. The number of carbonyl (C=O) groups is 2. The van der Waals surface area contributed by atoms with Crippen LogP contribution in [0.5, 0.6) is 5.75 Å². The highest BCUT2D eigenvalue weighted by molar-refractivity contribution is 6.00. The predicted molar refractivity (Wildman–Crippen MR) is 94.4 cm³/mol. The molecule has 0 spiro atoms. The van der Waals surface area contributed by atoms with E-state index in [0.717, 1.165) is 17.9 Å². The molecule has 2 heterocycles. The molecule has 136 valence electrons. The highest BCUT2D eigenvalue weighted by atomic mass is 16.5. The third-order valence-corrected chi connectivity index (χ3v) is 4.88. The van der Waals surface area contributed by atoms with Gasteiger partial charge in [0.1, 0.15) is 5.75 Å². The van der Waals surface area contributed by atoms with Gasteiger partial charge in [0.2, 0.25) is 11.8 Å². The number of aliphatic hydroxyl groups excluding tert-OH is 1. The molecule has 2 aliphatic heterocycles. The van der Waals surface area contributed by atoms with Crippen LogP contribution >= 0.6 is 0 Å². The molecule has 0 saturated carbocycles. The van der Waals surface area contributed by atoms with E-state index in [2.05, 4.69) is 0 Å². The Hall–Kier alpha value is -2.08. The van der Waals surface area contributed by atoms with Gasteiger partial charge < -0.3 is 19.6 Å². The molecule has 0 aromatic heterocycles. The number of piperidine rings is 1. The number of ether oxygens (including phenoxy) is 1. The molecule has 3 atom stereocenters. The van der Waals surface area contributed by atoms with Crippen LogP contribution in [-0.4, -0.2) is 54.2 Å². The summed E-state index contributed by atoms with van der Waals surface area (Å²) in [7, 11) is 0. The van der Waals surface area contributed by atoms with Crippen LogP contribution in [0.25, 0.3) is 0 Å². The smallest absolute Gasteiger partial charge is 0.228 e. The number of hydrogen-bond donors (Lipinski definition) is 1. The summed E-state index contributed by atoms with van der Waals surface area (Å²) in [5, 5.41) is 9.91. The molecule has 2 aliphatic rings. The summed E-state index contributed by atoms with van der Waals surface area (Å²) >= 11 is 0. The van der Waals surface area contributed by atoms with Crippen molar-refractivity contribution < 1.29 is 19.4 Å². The standard InChI is InChI=1S/C19H26N2O4/c1-3-25-17-6-4-15(5-7-17)21-11-14(9-18(21)23)19(24)20-10-13(2)8-16(22)12-20/h4-7,13-14,16,22H,3,8-12H2,1-2H3. The normalized spacial score (nSPS) is 26.8. The maximum atomic E-state index is 12.8. The summed E-state index contributed by atoms with van der Waals surface area (Å²) in [5.41, 5.74) is 0.788. The third kappa shape index (κ3) is 3.95. The van der Waals surface area contributed by atoms with Gasteiger partial charge in [-0.2, -0.15) is 0 Å². The Bertz CT molecular complexity index is 621. The molecule has 6 heteroatoms. The number of carbonyl (C=O) groups excluding carboxylic acids is 2. The summed E-state index contributed by atoms with van der Waals surface area (Å²) in [6.07, 6.45) is 0.491. The number of rotatable bonds is 4. The number of β-amino-alcohol motifs (C(OH)–C–C–N with tert-alkyl or cyclic N) is 1. The van der Waals surface area contributed by atoms with Gasteiger partial charge in [0.05, 0.1) is 18.6 Å². The minimum atomic E-state index is -0.466. The van der Waals surface area contributed by atoms with Crippen molar-refractivity contribution in [1.29, 1.82) is 0 Å². The summed E-state index contributed by atoms with van der Waals surface area (Å²) in [4.78, 5) is 28.5. The van der Waals surface area contributed by atoms with Crippen LogP contribution < -0.4 is 9.64 Å². The maximum absolute atomic E-state index is 12.8. The number of likely N-dealkylation sites (tertiary alicyclic amines) is 1. The number of anilines is 1. The Balaban J connectivity index is 1.66. The first-order valence-corrected chi connectivity index (χ1v) is 8.98. The van der Waals surface area contributed by atoms with Gasteiger partial charge in [0.15, 0.2) is 0 Å². The van der Waals surface area contributed by atoms with E-state index in [4.69, 9.17) is 4.74 Å². The third-order valence-electron chi connectivity index (χ3n) is 4.88. The van der Waals surface area contributed by atoms with E-state index in [1.807, 2.05) is 38.1 Å². The number of nitrogens with zero attached hydrogens (tertiary/aromatic N) is 2. The van der Waals surface area contributed by atoms with E-state index < -0.39 is 6.10 Å². The molecule has 1 N–H and O–H groups in total. The first-order valence-electron chi connectivity index (χ1n) is 8.98. The van der Waals surface area contributed by atoms with Gasteiger partial charge in [-0.15, -0.1) is 0 Å². The average molecular weight is 346 g/mol. The van der Waals surface area contributed by atoms with Crippen molar-refractivity contribution in [2.75, 3.05) is 31.1 Å². The van der Waals surface area contributed by atoms with Crippen LogP contribution in [0.1, 0.15) is 26.7 Å². The van der Waals surface area contributed by atoms with E-state index >= 15 is 0 Å².